The zero-order valence-corrected chi connectivity index (χ0v) is 16.7. The maximum atomic E-state index is 11.6. The van der Waals surface area contributed by atoms with E-state index in [1.807, 2.05) is 38.4 Å². The molecule has 0 aliphatic carbocycles. The fourth-order valence-electron chi connectivity index (χ4n) is 4.05. The van der Waals surface area contributed by atoms with Crippen molar-refractivity contribution in [1.29, 1.82) is 0 Å². The van der Waals surface area contributed by atoms with Crippen LogP contribution in [0.3, 0.4) is 0 Å². The van der Waals surface area contributed by atoms with Crippen molar-refractivity contribution < 1.29 is 9.53 Å². The molecule has 0 bridgehead atoms. The van der Waals surface area contributed by atoms with Crippen LogP contribution >= 0.6 is 0 Å². The van der Waals surface area contributed by atoms with Crippen molar-refractivity contribution in [1.82, 2.24) is 25.3 Å². The van der Waals surface area contributed by atoms with Gasteiger partial charge in [-0.1, -0.05) is 11.6 Å². The molecule has 5 rings (SSSR count). The summed E-state index contributed by atoms with van der Waals surface area (Å²) in [6.45, 7) is 4.75. The van der Waals surface area contributed by atoms with Crippen LogP contribution in [0.25, 0.3) is 33.1 Å². The van der Waals surface area contributed by atoms with Gasteiger partial charge in [0.1, 0.15) is 17.5 Å². The molecular weight excluding hydrogens is 366 g/mol. The van der Waals surface area contributed by atoms with Crippen LogP contribution in [0, 0.1) is 12.8 Å². The van der Waals surface area contributed by atoms with Crippen LogP contribution in [-0.2, 0) is 11.8 Å². The van der Waals surface area contributed by atoms with E-state index in [1.54, 1.807) is 4.68 Å². The number of carbonyl (C=O) groups is 1. The third-order valence-corrected chi connectivity index (χ3v) is 5.68. The fraction of sp³-hybridized carbons (Fsp3) is 0.318. The van der Waals surface area contributed by atoms with Crippen LogP contribution in [0.5, 0.6) is 5.75 Å². The topological polar surface area (TPSA) is 84.8 Å². The van der Waals surface area contributed by atoms with E-state index in [2.05, 4.69) is 39.7 Å². The van der Waals surface area contributed by atoms with E-state index in [0.717, 1.165) is 38.8 Å². The molecule has 1 fully saturated rings. The number of carbonyl (C=O) groups excluding carboxylic acids is 1. The van der Waals surface area contributed by atoms with Gasteiger partial charge in [-0.2, -0.15) is 10.2 Å². The molecule has 2 N–H and O–H groups in total. The van der Waals surface area contributed by atoms with Crippen molar-refractivity contribution in [3.8, 4) is 17.0 Å². The molecule has 0 unspecified atom stereocenters. The number of amides is 1. The number of ether oxygens (including phenoxy) is 1. The lowest BCUT2D eigenvalue weighted by atomic mass is 10.0. The van der Waals surface area contributed by atoms with Crippen LogP contribution in [0.15, 0.2) is 36.5 Å². The summed E-state index contributed by atoms with van der Waals surface area (Å²) >= 11 is 0. The normalized spacial score (nSPS) is 17.8. The average Bonchev–Trinajstić information content (AvgIpc) is 3.38. The number of H-pyrrole nitrogens is 1. The Hall–Kier alpha value is -3.35. The lowest BCUT2D eigenvalue weighted by Crippen LogP contribution is -2.25. The molecule has 1 amide bonds. The molecule has 0 spiro atoms. The Labute approximate surface area is 168 Å². The molecule has 2 atom stereocenters. The Balaban J connectivity index is 1.60. The summed E-state index contributed by atoms with van der Waals surface area (Å²) < 4.78 is 8.16. The lowest BCUT2D eigenvalue weighted by molar-refractivity contribution is -0.119. The molecule has 2 aromatic carbocycles. The molecule has 1 aliphatic rings. The summed E-state index contributed by atoms with van der Waals surface area (Å²) in [6.07, 6.45) is 2.37. The van der Waals surface area contributed by atoms with Gasteiger partial charge in [-0.15, -0.1) is 0 Å². The molecule has 0 saturated carbocycles. The van der Waals surface area contributed by atoms with Crippen molar-refractivity contribution in [3.63, 3.8) is 0 Å². The number of fused-ring (bicyclic) bond motifs is 2. The standard InChI is InChI=1S/C22H23N5O2/c1-12-4-5-18-16(6-12)22(25-24-18)14-7-19-17(11-27(3)26-19)20(8-14)29-13(2)15-9-21(28)23-10-15/h4-8,11,13,15H,9-10H2,1-3H3,(H,23,28)(H,24,25)/t13-,15-/m1/s1. The maximum absolute atomic E-state index is 11.6. The van der Waals surface area contributed by atoms with Gasteiger partial charge in [-0.3, -0.25) is 14.6 Å². The van der Waals surface area contributed by atoms with Crippen LogP contribution in [0.1, 0.15) is 18.9 Å². The van der Waals surface area contributed by atoms with Gasteiger partial charge in [0.2, 0.25) is 5.91 Å². The van der Waals surface area contributed by atoms with Gasteiger partial charge in [0.25, 0.3) is 0 Å². The molecule has 29 heavy (non-hydrogen) atoms. The summed E-state index contributed by atoms with van der Waals surface area (Å²) in [5, 5.41) is 17.2. The molecule has 0 radical (unpaired) electrons. The van der Waals surface area contributed by atoms with Gasteiger partial charge in [-0.25, -0.2) is 0 Å². The minimum atomic E-state index is -0.0919. The quantitative estimate of drug-likeness (QED) is 0.561. The smallest absolute Gasteiger partial charge is 0.220 e. The highest BCUT2D eigenvalue weighted by Crippen LogP contribution is 2.35. The first-order chi connectivity index (χ1) is 14.0. The number of nitrogens with one attached hydrogen (secondary N) is 2. The van der Waals surface area contributed by atoms with Crippen LogP contribution in [0.4, 0.5) is 0 Å². The van der Waals surface area contributed by atoms with Crippen LogP contribution in [0.2, 0.25) is 0 Å². The summed E-state index contributed by atoms with van der Waals surface area (Å²) in [7, 11) is 1.90. The minimum absolute atomic E-state index is 0.0871. The summed E-state index contributed by atoms with van der Waals surface area (Å²) in [4.78, 5) is 11.6. The van der Waals surface area contributed by atoms with E-state index in [0.29, 0.717) is 13.0 Å². The van der Waals surface area contributed by atoms with Crippen LogP contribution in [-0.4, -0.2) is 38.5 Å². The van der Waals surface area contributed by atoms with Gasteiger partial charge in [-0.05, 0) is 38.1 Å². The molecular formula is C22H23N5O2. The predicted molar refractivity (Wildman–Crippen MR) is 112 cm³/mol. The van der Waals surface area contributed by atoms with Crippen molar-refractivity contribution in [2.75, 3.05) is 6.54 Å². The zero-order valence-electron chi connectivity index (χ0n) is 16.7. The van der Waals surface area contributed by atoms with E-state index >= 15 is 0 Å². The van der Waals surface area contributed by atoms with Crippen molar-refractivity contribution in [2.45, 2.75) is 26.4 Å². The number of aromatic amines is 1. The van der Waals surface area contributed by atoms with E-state index < -0.39 is 0 Å². The molecule has 1 saturated heterocycles. The number of hydrogen-bond donors (Lipinski definition) is 2. The Morgan fingerprint density at radius 3 is 2.90 bits per heavy atom. The first-order valence-electron chi connectivity index (χ1n) is 9.84. The molecule has 148 valence electrons. The van der Waals surface area contributed by atoms with Gasteiger partial charge in [0, 0.05) is 43.1 Å². The fourth-order valence-corrected chi connectivity index (χ4v) is 4.05. The summed E-state index contributed by atoms with van der Waals surface area (Å²) in [6, 6.07) is 10.3. The van der Waals surface area contributed by atoms with E-state index in [1.165, 1.54) is 5.56 Å². The van der Waals surface area contributed by atoms with Gasteiger partial charge in [0.15, 0.2) is 0 Å². The van der Waals surface area contributed by atoms with Crippen LogP contribution < -0.4 is 10.1 Å². The summed E-state index contributed by atoms with van der Waals surface area (Å²) in [5.74, 6) is 1.01. The largest absolute Gasteiger partial charge is 0.490 e. The second kappa shape index (κ2) is 6.62. The third-order valence-electron chi connectivity index (χ3n) is 5.68. The Bertz CT molecular complexity index is 1240. The van der Waals surface area contributed by atoms with Crippen molar-refractivity contribution >= 4 is 27.7 Å². The molecule has 3 heterocycles. The van der Waals surface area contributed by atoms with Crippen molar-refractivity contribution in [3.05, 3.63) is 42.1 Å². The number of hydrogen-bond acceptors (Lipinski definition) is 4. The number of aryl methyl sites for hydroxylation is 2. The Morgan fingerprint density at radius 2 is 2.10 bits per heavy atom. The third kappa shape index (κ3) is 3.12. The highest BCUT2D eigenvalue weighted by Gasteiger charge is 2.28. The highest BCUT2D eigenvalue weighted by atomic mass is 16.5. The Morgan fingerprint density at radius 1 is 1.24 bits per heavy atom. The minimum Gasteiger partial charge on any atom is -0.490 e. The summed E-state index contributed by atoms with van der Waals surface area (Å²) in [5.41, 5.74) is 4.87. The number of aromatic nitrogens is 4. The first kappa shape index (κ1) is 17.7. The van der Waals surface area contributed by atoms with E-state index in [-0.39, 0.29) is 17.9 Å². The van der Waals surface area contributed by atoms with E-state index in [4.69, 9.17) is 4.74 Å². The predicted octanol–water partition coefficient (Wildman–Crippen LogP) is 3.33. The Kier molecular flexibility index (Phi) is 4.04. The van der Waals surface area contributed by atoms with Gasteiger partial charge < -0.3 is 10.1 Å². The van der Waals surface area contributed by atoms with Gasteiger partial charge in [0.05, 0.1) is 16.4 Å². The molecule has 1 aliphatic heterocycles. The molecule has 7 nitrogen and oxygen atoms in total. The number of nitrogens with zero attached hydrogens (tertiary/aromatic N) is 3. The van der Waals surface area contributed by atoms with Crippen molar-refractivity contribution in [2.24, 2.45) is 13.0 Å². The molecule has 2 aromatic heterocycles. The second-order valence-electron chi connectivity index (χ2n) is 7.92. The zero-order chi connectivity index (χ0) is 20.1. The SMILES string of the molecule is Cc1ccc2[nH]nc(-c3cc(O[C@H](C)[C@H]4CNC(=O)C4)c4cn(C)nc4c3)c2c1. The average molecular weight is 389 g/mol. The highest BCUT2D eigenvalue weighted by molar-refractivity contribution is 5.97. The lowest BCUT2D eigenvalue weighted by Gasteiger charge is -2.20. The monoisotopic (exact) mass is 389 g/mol. The van der Waals surface area contributed by atoms with E-state index in [9.17, 15) is 4.79 Å². The maximum Gasteiger partial charge on any atom is 0.220 e. The first-order valence-corrected chi connectivity index (χ1v) is 9.84. The molecule has 7 heteroatoms. The molecule has 4 aromatic rings. The number of rotatable bonds is 4. The number of benzene rings is 2. The van der Waals surface area contributed by atoms with Gasteiger partial charge >= 0.3 is 0 Å². The second-order valence-corrected chi connectivity index (χ2v) is 7.92.